The minimum absolute atomic E-state index is 0.121. The number of nitrogens with zero attached hydrogens (tertiary/aromatic N) is 1. The highest BCUT2D eigenvalue weighted by Gasteiger charge is 2.21. The smallest absolute Gasteiger partial charge is 0.344 e. The second-order valence-corrected chi connectivity index (χ2v) is 8.99. The molecule has 0 aliphatic heterocycles. The molecule has 2 N–H and O–H groups in total. The van der Waals surface area contributed by atoms with E-state index in [1.54, 1.807) is 49.4 Å². The molecule has 1 amide bonds. The molecular weight excluding hydrogens is 432 g/mol. The van der Waals surface area contributed by atoms with Crippen LogP contribution >= 0.6 is 0 Å². The highest BCUT2D eigenvalue weighted by atomic mass is 16.4. The van der Waals surface area contributed by atoms with E-state index in [4.69, 9.17) is 4.42 Å². The van der Waals surface area contributed by atoms with Crippen LogP contribution < -0.4 is 10.9 Å². The van der Waals surface area contributed by atoms with E-state index in [0.29, 0.717) is 46.8 Å². The van der Waals surface area contributed by atoms with Gasteiger partial charge in [-0.1, -0.05) is 32.3 Å². The molecule has 1 saturated carbocycles. The number of hydrogen-bond donors (Lipinski definition) is 2. The Balaban J connectivity index is 1.74. The van der Waals surface area contributed by atoms with Gasteiger partial charge in [0.25, 0.3) is 0 Å². The fraction of sp³-hybridized carbons (Fsp3) is 0.370. The van der Waals surface area contributed by atoms with Crippen molar-refractivity contribution in [3.05, 3.63) is 64.0 Å². The van der Waals surface area contributed by atoms with Crippen molar-refractivity contribution >= 4 is 28.5 Å². The minimum Gasteiger partial charge on any atom is -0.478 e. The third kappa shape index (κ3) is 5.20. The summed E-state index contributed by atoms with van der Waals surface area (Å²) < 4.78 is 5.61. The first-order chi connectivity index (χ1) is 16.4. The third-order valence-electron chi connectivity index (χ3n) is 6.61. The average molecular weight is 463 g/mol. The first kappa shape index (κ1) is 23.7. The molecule has 178 valence electrons. The Bertz CT molecular complexity index is 1270. The van der Waals surface area contributed by atoms with Gasteiger partial charge in [-0.15, -0.1) is 0 Å². The summed E-state index contributed by atoms with van der Waals surface area (Å²) in [5, 5.41) is 13.0. The first-order valence-electron chi connectivity index (χ1n) is 11.8. The molecule has 2 aromatic carbocycles. The van der Waals surface area contributed by atoms with Crippen molar-refractivity contribution in [1.82, 2.24) is 4.90 Å². The number of fused-ring (bicyclic) bond motifs is 1. The van der Waals surface area contributed by atoms with Crippen molar-refractivity contribution in [2.45, 2.75) is 58.0 Å². The van der Waals surface area contributed by atoms with E-state index in [0.717, 1.165) is 18.4 Å². The first-order valence-corrected chi connectivity index (χ1v) is 11.8. The van der Waals surface area contributed by atoms with E-state index in [2.05, 4.69) is 17.3 Å². The topological polar surface area (TPSA) is 99.9 Å². The lowest BCUT2D eigenvalue weighted by Gasteiger charge is -2.31. The van der Waals surface area contributed by atoms with Crippen LogP contribution in [0.5, 0.6) is 0 Å². The molecule has 0 unspecified atom stereocenters. The van der Waals surface area contributed by atoms with Crippen LogP contribution in [0.25, 0.3) is 22.1 Å². The Kier molecular flexibility index (Phi) is 7.12. The predicted octanol–water partition coefficient (Wildman–Crippen LogP) is 5.27. The fourth-order valence-electron chi connectivity index (χ4n) is 4.64. The number of carbonyl (C=O) groups is 2. The van der Waals surface area contributed by atoms with Gasteiger partial charge in [0.15, 0.2) is 0 Å². The Hall–Kier alpha value is -3.45. The molecule has 0 spiro atoms. The van der Waals surface area contributed by atoms with Crippen LogP contribution in [-0.2, 0) is 11.3 Å². The van der Waals surface area contributed by atoms with Crippen molar-refractivity contribution in [2.75, 3.05) is 12.4 Å². The van der Waals surface area contributed by atoms with E-state index < -0.39 is 11.6 Å². The molecule has 1 aliphatic rings. The molecule has 1 heterocycles. The quantitative estimate of drug-likeness (QED) is 0.464. The van der Waals surface area contributed by atoms with Gasteiger partial charge < -0.3 is 14.8 Å². The van der Waals surface area contributed by atoms with Crippen LogP contribution in [0, 0.1) is 0 Å². The van der Waals surface area contributed by atoms with Crippen LogP contribution in [0.1, 0.15) is 61.4 Å². The van der Waals surface area contributed by atoms with Gasteiger partial charge in [0.2, 0.25) is 5.91 Å². The number of carbonyl (C=O) groups excluding carboxylic acids is 1. The van der Waals surface area contributed by atoms with Gasteiger partial charge in [-0.3, -0.25) is 9.69 Å². The molecule has 1 fully saturated rings. The molecule has 3 aromatic rings. The van der Waals surface area contributed by atoms with Crippen LogP contribution in [0.4, 0.5) is 5.69 Å². The average Bonchev–Trinajstić information content (AvgIpc) is 2.84. The molecule has 0 saturated heterocycles. The molecule has 4 rings (SSSR count). The largest absolute Gasteiger partial charge is 0.478 e. The number of hydrogen-bond acceptors (Lipinski definition) is 5. The Morgan fingerprint density at radius 3 is 2.53 bits per heavy atom. The highest BCUT2D eigenvalue weighted by molar-refractivity contribution is 5.94. The van der Waals surface area contributed by atoms with Gasteiger partial charge >= 0.3 is 11.6 Å². The summed E-state index contributed by atoms with van der Waals surface area (Å²) in [5.41, 5.74) is 2.27. The molecule has 7 heteroatoms. The Morgan fingerprint density at radius 2 is 1.82 bits per heavy atom. The van der Waals surface area contributed by atoms with Crippen molar-refractivity contribution in [3.63, 3.8) is 0 Å². The monoisotopic (exact) mass is 462 g/mol. The SMILES string of the molecule is CCC(=O)Nc1ccc2cc(-c3cc(C(=O)O)ccc3CN(C)C3CCCCC3)c(=O)oc2c1. The zero-order chi connectivity index (χ0) is 24.2. The standard InChI is InChI=1S/C27H30N2O5/c1-3-25(30)28-20-12-11-17-13-23(27(33)34-24(17)15-20)22-14-18(26(31)32)9-10-19(22)16-29(2)21-7-5-4-6-8-21/h9-15,21H,3-8,16H2,1-2H3,(H,28,30)(H,31,32). The van der Waals surface area contributed by atoms with E-state index in [9.17, 15) is 19.5 Å². The molecule has 1 aromatic heterocycles. The number of rotatable bonds is 7. The maximum absolute atomic E-state index is 13.0. The molecule has 7 nitrogen and oxygen atoms in total. The van der Waals surface area contributed by atoms with Gasteiger partial charge in [0.05, 0.1) is 11.1 Å². The summed E-state index contributed by atoms with van der Waals surface area (Å²) in [6.45, 7) is 2.37. The van der Waals surface area contributed by atoms with Gasteiger partial charge in [0, 0.05) is 36.1 Å². The van der Waals surface area contributed by atoms with Crippen molar-refractivity contribution in [2.24, 2.45) is 0 Å². The van der Waals surface area contributed by atoms with Crippen LogP contribution in [0.3, 0.4) is 0 Å². The lowest BCUT2D eigenvalue weighted by atomic mass is 9.93. The van der Waals surface area contributed by atoms with E-state index >= 15 is 0 Å². The summed E-state index contributed by atoms with van der Waals surface area (Å²) in [6.07, 6.45) is 6.34. The number of anilines is 1. The number of aromatic carboxylic acids is 1. The van der Waals surface area contributed by atoms with Gasteiger partial charge in [-0.05, 0) is 61.3 Å². The second-order valence-electron chi connectivity index (χ2n) is 8.99. The molecule has 1 aliphatic carbocycles. The lowest BCUT2D eigenvalue weighted by Crippen LogP contribution is -2.33. The van der Waals surface area contributed by atoms with E-state index in [-0.39, 0.29) is 11.5 Å². The van der Waals surface area contributed by atoms with Crippen molar-refractivity contribution in [3.8, 4) is 11.1 Å². The highest BCUT2D eigenvalue weighted by Crippen LogP contribution is 2.30. The van der Waals surface area contributed by atoms with Gasteiger partial charge in [0.1, 0.15) is 5.58 Å². The maximum Gasteiger partial charge on any atom is 0.344 e. The van der Waals surface area contributed by atoms with Gasteiger partial charge in [-0.2, -0.15) is 0 Å². The Labute approximate surface area is 198 Å². The predicted molar refractivity (Wildman–Crippen MR) is 132 cm³/mol. The minimum atomic E-state index is -1.05. The normalized spacial score (nSPS) is 14.4. The van der Waals surface area contributed by atoms with E-state index in [1.165, 1.54) is 19.3 Å². The lowest BCUT2D eigenvalue weighted by molar-refractivity contribution is -0.115. The summed E-state index contributed by atoms with van der Waals surface area (Å²) in [6, 6.07) is 12.3. The summed E-state index contributed by atoms with van der Waals surface area (Å²) in [4.78, 5) is 38.7. The van der Waals surface area contributed by atoms with Crippen molar-refractivity contribution < 1.29 is 19.1 Å². The number of benzene rings is 2. The van der Waals surface area contributed by atoms with Crippen molar-refractivity contribution in [1.29, 1.82) is 0 Å². The number of carboxylic acid groups (broad SMARTS) is 1. The summed E-state index contributed by atoms with van der Waals surface area (Å²) in [5.74, 6) is -1.18. The molecule has 0 radical (unpaired) electrons. The molecule has 0 bridgehead atoms. The van der Waals surface area contributed by atoms with E-state index in [1.807, 2.05) is 0 Å². The molecule has 34 heavy (non-hydrogen) atoms. The number of carboxylic acids is 1. The van der Waals surface area contributed by atoms with Crippen LogP contribution in [0.15, 0.2) is 51.7 Å². The maximum atomic E-state index is 13.0. The molecular formula is C27H30N2O5. The van der Waals surface area contributed by atoms with Crippen LogP contribution in [0.2, 0.25) is 0 Å². The Morgan fingerprint density at radius 1 is 1.06 bits per heavy atom. The number of nitrogens with one attached hydrogen (secondary N) is 1. The van der Waals surface area contributed by atoms with Gasteiger partial charge in [-0.25, -0.2) is 9.59 Å². The summed E-state index contributed by atoms with van der Waals surface area (Å²) in [7, 11) is 2.08. The summed E-state index contributed by atoms with van der Waals surface area (Å²) >= 11 is 0. The number of amides is 1. The molecule has 0 atom stereocenters. The van der Waals surface area contributed by atoms with Crippen LogP contribution in [-0.4, -0.2) is 35.0 Å². The zero-order valence-corrected chi connectivity index (χ0v) is 19.6. The third-order valence-corrected chi connectivity index (χ3v) is 6.61. The second kappa shape index (κ2) is 10.2. The fourth-order valence-corrected chi connectivity index (χ4v) is 4.64. The zero-order valence-electron chi connectivity index (χ0n) is 19.6.